The first-order chi connectivity index (χ1) is 14.6. The number of hydrogen-bond acceptors (Lipinski definition) is 5. The van der Waals surface area contributed by atoms with Gasteiger partial charge in [0.1, 0.15) is 0 Å². The molecule has 7 heteroatoms. The van der Waals surface area contributed by atoms with Crippen molar-refractivity contribution in [1.82, 2.24) is 9.78 Å². The highest BCUT2D eigenvalue weighted by molar-refractivity contribution is 7.91. The largest absolute Gasteiger partial charge is 0.406 e. The average molecular weight is 441 g/mol. The zero-order chi connectivity index (χ0) is 22.8. The Labute approximate surface area is 183 Å². The Balaban J connectivity index is 2.14. The molecule has 0 fully saturated rings. The quantitative estimate of drug-likeness (QED) is 0.511. The summed E-state index contributed by atoms with van der Waals surface area (Å²) in [7, 11) is -3.94. The van der Waals surface area contributed by atoms with E-state index in [9.17, 15) is 13.2 Å². The minimum Gasteiger partial charge on any atom is -0.406 e. The van der Waals surface area contributed by atoms with Crippen LogP contribution in [0.5, 0.6) is 5.88 Å². The van der Waals surface area contributed by atoms with Gasteiger partial charge in [0.15, 0.2) is 4.90 Å². The number of benzene rings is 2. The third-order valence-corrected chi connectivity index (χ3v) is 6.92. The van der Waals surface area contributed by atoms with Crippen LogP contribution >= 0.6 is 0 Å². The zero-order valence-electron chi connectivity index (χ0n) is 18.5. The van der Waals surface area contributed by atoms with Gasteiger partial charge < -0.3 is 4.74 Å². The molecule has 31 heavy (non-hydrogen) atoms. The van der Waals surface area contributed by atoms with Crippen LogP contribution in [0.3, 0.4) is 0 Å². The lowest BCUT2D eigenvalue weighted by Crippen LogP contribution is -2.27. The molecule has 2 aromatic carbocycles. The van der Waals surface area contributed by atoms with Crippen LogP contribution < -0.4 is 4.74 Å². The van der Waals surface area contributed by atoms with Gasteiger partial charge in [-0.3, -0.25) is 4.79 Å². The summed E-state index contributed by atoms with van der Waals surface area (Å²) in [6.07, 6.45) is 0.520. The van der Waals surface area contributed by atoms with E-state index in [-0.39, 0.29) is 21.4 Å². The fourth-order valence-corrected chi connectivity index (χ4v) is 4.99. The third kappa shape index (κ3) is 4.56. The fraction of sp³-hybridized carbons (Fsp3) is 0.333. The second kappa shape index (κ2) is 8.67. The molecule has 0 bridgehead atoms. The summed E-state index contributed by atoms with van der Waals surface area (Å²) < 4.78 is 34.2. The summed E-state index contributed by atoms with van der Waals surface area (Å²) in [4.78, 5) is 13.2. The van der Waals surface area contributed by atoms with Gasteiger partial charge in [0.2, 0.25) is 15.7 Å². The number of ether oxygens (including phenoxy) is 1. The van der Waals surface area contributed by atoms with E-state index in [0.717, 1.165) is 5.56 Å². The van der Waals surface area contributed by atoms with Crippen LogP contribution in [0.25, 0.3) is 0 Å². The predicted molar refractivity (Wildman–Crippen MR) is 119 cm³/mol. The van der Waals surface area contributed by atoms with Gasteiger partial charge in [-0.1, -0.05) is 55.5 Å². The van der Waals surface area contributed by atoms with E-state index >= 15 is 0 Å². The Hall–Kier alpha value is -2.93. The number of nitrogens with zero attached hydrogens (tertiary/aromatic N) is 2. The van der Waals surface area contributed by atoms with Crippen molar-refractivity contribution < 1.29 is 17.9 Å². The molecule has 0 radical (unpaired) electrons. The van der Waals surface area contributed by atoms with E-state index in [0.29, 0.717) is 6.42 Å². The Morgan fingerprint density at radius 3 is 2.10 bits per heavy atom. The molecule has 0 amide bonds. The summed E-state index contributed by atoms with van der Waals surface area (Å²) in [5.41, 5.74) is 0.509. The molecule has 0 spiro atoms. The first-order valence-electron chi connectivity index (χ1n) is 10.2. The summed E-state index contributed by atoms with van der Waals surface area (Å²) in [5, 5.41) is 4.44. The SMILES string of the molecule is CC[C@H](C(=O)Oc1c(S(=O)(=O)c2ccccc2)c(C)nn1C(C)(C)C)c1ccccc1. The Morgan fingerprint density at radius 2 is 1.58 bits per heavy atom. The van der Waals surface area contributed by atoms with Gasteiger partial charge in [0.25, 0.3) is 0 Å². The molecule has 1 aromatic heterocycles. The Bertz CT molecular complexity index is 1160. The van der Waals surface area contributed by atoms with Crippen LogP contribution in [0.15, 0.2) is 70.5 Å². The molecule has 0 saturated carbocycles. The van der Waals surface area contributed by atoms with Crippen LogP contribution in [-0.4, -0.2) is 24.2 Å². The van der Waals surface area contributed by atoms with Crippen LogP contribution in [0.1, 0.15) is 51.3 Å². The molecule has 0 saturated heterocycles. The van der Waals surface area contributed by atoms with Crippen molar-refractivity contribution in [2.24, 2.45) is 0 Å². The zero-order valence-corrected chi connectivity index (χ0v) is 19.3. The van der Waals surface area contributed by atoms with Gasteiger partial charge in [0, 0.05) is 0 Å². The van der Waals surface area contributed by atoms with Gasteiger partial charge in [-0.15, -0.1) is 0 Å². The molecule has 1 atom stereocenters. The summed E-state index contributed by atoms with van der Waals surface area (Å²) in [6, 6.07) is 17.4. The molecular formula is C24H28N2O4S. The second-order valence-electron chi connectivity index (χ2n) is 8.41. The predicted octanol–water partition coefficient (Wildman–Crippen LogP) is 4.88. The van der Waals surface area contributed by atoms with E-state index in [1.54, 1.807) is 25.1 Å². The highest BCUT2D eigenvalue weighted by atomic mass is 32.2. The molecular weight excluding hydrogens is 412 g/mol. The molecule has 0 aliphatic rings. The van der Waals surface area contributed by atoms with Gasteiger partial charge >= 0.3 is 5.97 Å². The van der Waals surface area contributed by atoms with Gasteiger partial charge in [0.05, 0.1) is 22.0 Å². The summed E-state index contributed by atoms with van der Waals surface area (Å²) >= 11 is 0. The number of aromatic nitrogens is 2. The van der Waals surface area contributed by atoms with E-state index < -0.39 is 27.3 Å². The molecule has 0 aliphatic carbocycles. The highest BCUT2D eigenvalue weighted by Gasteiger charge is 2.35. The third-order valence-electron chi connectivity index (χ3n) is 5.01. The van der Waals surface area contributed by atoms with Gasteiger partial charge in [-0.2, -0.15) is 5.10 Å². The van der Waals surface area contributed by atoms with Crippen molar-refractivity contribution in [3.63, 3.8) is 0 Å². The van der Waals surface area contributed by atoms with Crippen LogP contribution in [0, 0.1) is 6.92 Å². The lowest BCUT2D eigenvalue weighted by Gasteiger charge is -2.23. The molecule has 0 unspecified atom stereocenters. The van der Waals surface area contributed by atoms with Crippen molar-refractivity contribution in [1.29, 1.82) is 0 Å². The highest BCUT2D eigenvalue weighted by Crippen LogP contribution is 2.37. The maximum atomic E-state index is 13.5. The minimum atomic E-state index is -3.94. The Morgan fingerprint density at radius 1 is 1.03 bits per heavy atom. The number of aryl methyl sites for hydroxylation is 1. The van der Waals surface area contributed by atoms with Gasteiger partial charge in [-0.05, 0) is 51.8 Å². The van der Waals surface area contributed by atoms with Crippen molar-refractivity contribution in [3.8, 4) is 5.88 Å². The number of rotatable bonds is 6. The number of carbonyl (C=O) groups is 1. The maximum absolute atomic E-state index is 13.5. The lowest BCUT2D eigenvalue weighted by atomic mass is 9.97. The van der Waals surface area contributed by atoms with Crippen LogP contribution in [-0.2, 0) is 20.2 Å². The second-order valence-corrected chi connectivity index (χ2v) is 10.3. The standard InChI is InChI=1S/C24H28N2O4S/c1-6-20(18-13-9-7-10-14-18)23(27)30-22-21(17(2)25-26(22)24(3,4)5)31(28,29)19-15-11-8-12-16-19/h7-16,20H,6H2,1-5H3/t20-/m0/s1. The number of hydrogen-bond donors (Lipinski definition) is 0. The first-order valence-corrected chi connectivity index (χ1v) is 11.7. The average Bonchev–Trinajstić information content (AvgIpc) is 3.07. The van der Waals surface area contributed by atoms with E-state index in [4.69, 9.17) is 4.74 Å². The number of sulfone groups is 1. The molecule has 3 aromatic rings. The molecule has 6 nitrogen and oxygen atoms in total. The number of esters is 1. The molecule has 1 heterocycles. The summed E-state index contributed by atoms with van der Waals surface area (Å²) in [5.74, 6) is -1.08. The Kier molecular flexibility index (Phi) is 6.36. The topological polar surface area (TPSA) is 78.3 Å². The van der Waals surface area contributed by atoms with E-state index in [1.165, 1.54) is 16.8 Å². The summed E-state index contributed by atoms with van der Waals surface area (Å²) in [6.45, 7) is 9.15. The fourth-order valence-electron chi connectivity index (χ4n) is 3.45. The van der Waals surface area contributed by atoms with Crippen molar-refractivity contribution in [2.75, 3.05) is 0 Å². The number of carbonyl (C=O) groups excluding carboxylic acids is 1. The maximum Gasteiger partial charge on any atom is 0.320 e. The molecule has 0 aliphatic heterocycles. The smallest absolute Gasteiger partial charge is 0.320 e. The molecule has 164 valence electrons. The van der Waals surface area contributed by atoms with Crippen molar-refractivity contribution in [2.45, 2.75) is 62.3 Å². The minimum absolute atomic E-state index is 0.0479. The normalized spacial score (nSPS) is 13.1. The van der Waals surface area contributed by atoms with Crippen LogP contribution in [0.2, 0.25) is 0 Å². The van der Waals surface area contributed by atoms with E-state index in [2.05, 4.69) is 5.10 Å². The first kappa shape index (κ1) is 22.7. The van der Waals surface area contributed by atoms with Crippen molar-refractivity contribution >= 4 is 15.8 Å². The van der Waals surface area contributed by atoms with Crippen LogP contribution in [0.4, 0.5) is 0 Å². The van der Waals surface area contributed by atoms with Crippen molar-refractivity contribution in [3.05, 3.63) is 71.9 Å². The monoisotopic (exact) mass is 440 g/mol. The lowest BCUT2D eigenvalue weighted by molar-refractivity contribution is -0.137. The van der Waals surface area contributed by atoms with E-state index in [1.807, 2.05) is 58.0 Å². The molecule has 0 N–H and O–H groups in total. The molecule has 3 rings (SSSR count). The van der Waals surface area contributed by atoms with Gasteiger partial charge in [-0.25, -0.2) is 13.1 Å².